The first-order valence-corrected chi connectivity index (χ1v) is 11.2. The Bertz CT molecular complexity index is 1240. The number of rotatable bonds is 11. The second kappa shape index (κ2) is 11.6. The molecule has 3 rings (SSSR count). The molecule has 192 valence electrons. The van der Waals surface area contributed by atoms with Gasteiger partial charge in [-0.15, -0.1) is 0 Å². The van der Waals surface area contributed by atoms with Gasteiger partial charge in [0.05, 0.1) is 44.4 Å². The highest BCUT2D eigenvalue weighted by atomic mass is 16.5. The molecule has 0 aliphatic carbocycles. The largest absolute Gasteiger partial charge is 0.493 e. The van der Waals surface area contributed by atoms with Crippen molar-refractivity contribution in [2.24, 2.45) is 0 Å². The molecule has 0 fully saturated rings. The van der Waals surface area contributed by atoms with Crippen molar-refractivity contribution in [2.45, 2.75) is 26.8 Å². The van der Waals surface area contributed by atoms with E-state index in [0.717, 1.165) is 11.4 Å². The number of aromatic nitrogens is 1. The molecule has 0 saturated heterocycles. The number of ketones is 1. The number of hydrogen-bond donors (Lipinski definition) is 1. The highest BCUT2D eigenvalue weighted by Crippen LogP contribution is 2.34. The standard InChI is InChI=1S/C26H30N2O8/c1-15-10-18(17(3)28(15)16(2)13-32-4)21(29)14-36-26(31)19-11-23(33-5)24(34-6)12-20(19)27-25(30)22-8-7-9-35-22/h7-12,16H,13-14H2,1-6H3,(H,27,30). The molecule has 10 nitrogen and oxygen atoms in total. The zero-order valence-corrected chi connectivity index (χ0v) is 21.2. The van der Waals surface area contributed by atoms with Crippen LogP contribution >= 0.6 is 0 Å². The number of furan rings is 1. The van der Waals surface area contributed by atoms with E-state index in [9.17, 15) is 14.4 Å². The molecule has 36 heavy (non-hydrogen) atoms. The van der Waals surface area contributed by atoms with Gasteiger partial charge in [-0.25, -0.2) is 4.79 Å². The number of esters is 1. The van der Waals surface area contributed by atoms with E-state index in [1.807, 2.05) is 25.3 Å². The van der Waals surface area contributed by atoms with Gasteiger partial charge < -0.3 is 33.2 Å². The molecule has 0 aliphatic heterocycles. The van der Waals surface area contributed by atoms with Crippen molar-refractivity contribution in [2.75, 3.05) is 39.9 Å². The van der Waals surface area contributed by atoms with Crippen LogP contribution in [0.15, 0.2) is 41.0 Å². The molecule has 10 heteroatoms. The minimum absolute atomic E-state index is 0.0143. The number of nitrogens with zero attached hydrogens (tertiary/aromatic N) is 1. The summed E-state index contributed by atoms with van der Waals surface area (Å²) in [6.45, 7) is 5.74. The summed E-state index contributed by atoms with van der Waals surface area (Å²) in [6, 6.07) is 7.66. The Labute approximate surface area is 209 Å². The summed E-state index contributed by atoms with van der Waals surface area (Å²) < 4.78 is 28.3. The fourth-order valence-electron chi connectivity index (χ4n) is 4.08. The van der Waals surface area contributed by atoms with Crippen LogP contribution in [0.3, 0.4) is 0 Å². The number of Topliss-reactive ketones (excluding diaryl/α,β-unsaturated/α-hetero) is 1. The van der Waals surface area contributed by atoms with E-state index in [2.05, 4.69) is 5.32 Å². The first kappa shape index (κ1) is 26.6. The lowest BCUT2D eigenvalue weighted by Crippen LogP contribution is -2.19. The van der Waals surface area contributed by atoms with E-state index >= 15 is 0 Å². The third-order valence-corrected chi connectivity index (χ3v) is 5.70. The molecular formula is C26H30N2O8. The Morgan fingerprint density at radius 2 is 1.72 bits per heavy atom. The zero-order chi connectivity index (χ0) is 26.4. The molecule has 1 aromatic carbocycles. The number of ether oxygens (including phenoxy) is 4. The molecule has 1 amide bonds. The molecule has 0 bridgehead atoms. The highest BCUT2D eigenvalue weighted by Gasteiger charge is 2.24. The van der Waals surface area contributed by atoms with Crippen LogP contribution in [0.25, 0.3) is 0 Å². The van der Waals surface area contributed by atoms with Crippen molar-refractivity contribution in [1.29, 1.82) is 0 Å². The number of nitrogens with one attached hydrogen (secondary N) is 1. The SMILES string of the molecule is COCC(C)n1c(C)cc(C(=O)COC(=O)c2cc(OC)c(OC)cc2NC(=O)c2ccco2)c1C. The van der Waals surface area contributed by atoms with Gasteiger partial charge in [0.25, 0.3) is 5.91 Å². The summed E-state index contributed by atoms with van der Waals surface area (Å²) in [5, 5.41) is 2.61. The fourth-order valence-corrected chi connectivity index (χ4v) is 4.08. The van der Waals surface area contributed by atoms with Gasteiger partial charge >= 0.3 is 5.97 Å². The molecule has 0 aliphatic rings. The average Bonchev–Trinajstić information content (AvgIpc) is 3.50. The van der Waals surface area contributed by atoms with Crippen LogP contribution in [-0.4, -0.2) is 56.8 Å². The minimum Gasteiger partial charge on any atom is -0.493 e. The van der Waals surface area contributed by atoms with E-state index in [1.165, 1.54) is 38.7 Å². The Balaban J connectivity index is 1.83. The van der Waals surface area contributed by atoms with E-state index in [1.54, 1.807) is 19.2 Å². The Hall–Kier alpha value is -4.05. The summed E-state index contributed by atoms with van der Waals surface area (Å²) in [6.07, 6.45) is 1.36. The summed E-state index contributed by atoms with van der Waals surface area (Å²) in [4.78, 5) is 38.5. The summed E-state index contributed by atoms with van der Waals surface area (Å²) in [7, 11) is 4.46. The maximum Gasteiger partial charge on any atom is 0.340 e. The normalized spacial score (nSPS) is 11.6. The lowest BCUT2D eigenvalue weighted by molar-refractivity contribution is 0.0475. The maximum atomic E-state index is 13.0. The van der Waals surface area contributed by atoms with Crippen molar-refractivity contribution in [3.63, 3.8) is 0 Å². The van der Waals surface area contributed by atoms with Gasteiger partial charge in [-0.2, -0.15) is 0 Å². The van der Waals surface area contributed by atoms with Crippen LogP contribution in [0.4, 0.5) is 5.69 Å². The molecule has 0 spiro atoms. The number of methoxy groups -OCH3 is 3. The minimum atomic E-state index is -0.819. The van der Waals surface area contributed by atoms with E-state index in [4.69, 9.17) is 23.4 Å². The number of benzene rings is 1. The lowest BCUT2D eigenvalue weighted by atomic mass is 10.1. The van der Waals surface area contributed by atoms with Gasteiger partial charge in [0.1, 0.15) is 0 Å². The number of anilines is 1. The van der Waals surface area contributed by atoms with E-state index in [0.29, 0.717) is 12.2 Å². The Morgan fingerprint density at radius 1 is 1.03 bits per heavy atom. The molecule has 0 saturated carbocycles. The van der Waals surface area contributed by atoms with Gasteiger partial charge in [0.2, 0.25) is 5.78 Å². The number of hydrogen-bond acceptors (Lipinski definition) is 8. The second-order valence-electron chi connectivity index (χ2n) is 8.14. The van der Waals surface area contributed by atoms with Crippen LogP contribution in [0.1, 0.15) is 55.6 Å². The third kappa shape index (κ3) is 5.60. The smallest absolute Gasteiger partial charge is 0.340 e. The van der Waals surface area contributed by atoms with E-state index in [-0.39, 0.29) is 40.3 Å². The summed E-state index contributed by atoms with van der Waals surface area (Å²) in [5.41, 5.74) is 2.21. The van der Waals surface area contributed by atoms with Crippen molar-refractivity contribution in [3.05, 3.63) is 64.9 Å². The fraction of sp³-hybridized carbons (Fsp3) is 0.346. The zero-order valence-electron chi connectivity index (χ0n) is 21.2. The molecule has 2 heterocycles. The Morgan fingerprint density at radius 3 is 2.33 bits per heavy atom. The molecule has 2 aromatic heterocycles. The maximum absolute atomic E-state index is 13.0. The van der Waals surface area contributed by atoms with Gasteiger partial charge in [0.15, 0.2) is 23.9 Å². The third-order valence-electron chi connectivity index (χ3n) is 5.70. The van der Waals surface area contributed by atoms with Crippen LogP contribution in [0.5, 0.6) is 11.5 Å². The summed E-state index contributed by atoms with van der Waals surface area (Å²) >= 11 is 0. The molecular weight excluding hydrogens is 468 g/mol. The number of carbonyl (C=O) groups excluding carboxylic acids is 3. The first-order valence-electron chi connectivity index (χ1n) is 11.2. The molecule has 1 N–H and O–H groups in total. The van der Waals surface area contributed by atoms with Crippen LogP contribution in [0, 0.1) is 13.8 Å². The quantitative estimate of drug-likeness (QED) is 0.308. The van der Waals surface area contributed by atoms with Gasteiger partial charge in [-0.1, -0.05) is 0 Å². The first-order chi connectivity index (χ1) is 17.2. The average molecular weight is 499 g/mol. The number of amides is 1. The number of carbonyl (C=O) groups is 3. The summed E-state index contributed by atoms with van der Waals surface area (Å²) in [5.74, 6) is -1.15. The van der Waals surface area contributed by atoms with Crippen molar-refractivity contribution < 1.29 is 37.7 Å². The topological polar surface area (TPSA) is 118 Å². The van der Waals surface area contributed by atoms with Crippen molar-refractivity contribution in [3.8, 4) is 11.5 Å². The lowest BCUT2D eigenvalue weighted by Gasteiger charge is -2.17. The second-order valence-corrected chi connectivity index (χ2v) is 8.14. The van der Waals surface area contributed by atoms with Crippen LogP contribution in [-0.2, 0) is 9.47 Å². The molecule has 1 unspecified atom stereocenters. The molecule has 3 aromatic rings. The predicted octanol–water partition coefficient (Wildman–Crippen LogP) is 4.21. The van der Waals surface area contributed by atoms with Gasteiger partial charge in [-0.05, 0) is 39.0 Å². The van der Waals surface area contributed by atoms with Gasteiger partial charge in [-0.3, -0.25) is 9.59 Å². The Kier molecular flexibility index (Phi) is 8.55. The predicted molar refractivity (Wildman–Crippen MR) is 131 cm³/mol. The van der Waals surface area contributed by atoms with Crippen LogP contribution in [0.2, 0.25) is 0 Å². The monoisotopic (exact) mass is 498 g/mol. The molecule has 1 atom stereocenters. The highest BCUT2D eigenvalue weighted by molar-refractivity contribution is 6.08. The van der Waals surface area contributed by atoms with Gasteiger partial charge in [0, 0.05) is 36.2 Å². The van der Waals surface area contributed by atoms with Crippen molar-refractivity contribution >= 4 is 23.3 Å². The molecule has 0 radical (unpaired) electrons. The van der Waals surface area contributed by atoms with E-state index < -0.39 is 18.5 Å². The van der Waals surface area contributed by atoms with Crippen molar-refractivity contribution in [1.82, 2.24) is 4.57 Å². The number of aryl methyl sites for hydroxylation is 1. The van der Waals surface area contributed by atoms with Crippen LogP contribution < -0.4 is 14.8 Å².